The molecule has 3 nitrogen and oxygen atoms in total. The van der Waals surface area contributed by atoms with Crippen LogP contribution in [0.4, 0.5) is 0 Å². The Bertz CT molecular complexity index is 477. The van der Waals surface area contributed by atoms with Crippen LogP contribution in [0.2, 0.25) is 0 Å². The van der Waals surface area contributed by atoms with Crippen LogP contribution in [0.25, 0.3) is 0 Å². The molecule has 1 amide bonds. The Morgan fingerprint density at radius 2 is 2.06 bits per heavy atom. The van der Waals surface area contributed by atoms with Gasteiger partial charge in [0.1, 0.15) is 0 Å². The Hall–Kier alpha value is -1.20. The van der Waals surface area contributed by atoms with E-state index in [4.69, 9.17) is 0 Å². The molecule has 2 aliphatic rings. The molecule has 3 rings (SSSR count). The zero-order valence-corrected chi connectivity index (χ0v) is 10.3. The van der Waals surface area contributed by atoms with Gasteiger partial charge in [-0.1, -0.05) is 35.9 Å². The number of nitrogens with one attached hydrogen (secondary N) is 2. The SMILES string of the molecule is CC1=CSC2NB(c3ccccc3)NC(=O)C12. The van der Waals surface area contributed by atoms with E-state index in [1.54, 1.807) is 11.8 Å². The van der Waals surface area contributed by atoms with Gasteiger partial charge in [0.05, 0.1) is 11.3 Å². The van der Waals surface area contributed by atoms with Crippen molar-refractivity contribution < 1.29 is 4.79 Å². The second-order valence-corrected chi connectivity index (χ2v) is 5.43. The van der Waals surface area contributed by atoms with Crippen molar-refractivity contribution in [2.45, 2.75) is 12.3 Å². The van der Waals surface area contributed by atoms with Crippen LogP contribution in [0.1, 0.15) is 6.92 Å². The van der Waals surface area contributed by atoms with Crippen LogP contribution in [0.3, 0.4) is 0 Å². The smallest absolute Gasteiger partial charge is 0.376 e. The van der Waals surface area contributed by atoms with Crippen LogP contribution in [-0.2, 0) is 4.79 Å². The van der Waals surface area contributed by atoms with E-state index < -0.39 is 0 Å². The third-order valence-electron chi connectivity index (χ3n) is 3.23. The lowest BCUT2D eigenvalue weighted by Gasteiger charge is -2.32. The monoisotopic (exact) mass is 244 g/mol. The molecule has 2 heterocycles. The number of rotatable bonds is 1. The van der Waals surface area contributed by atoms with Crippen molar-refractivity contribution in [3.05, 3.63) is 41.3 Å². The summed E-state index contributed by atoms with van der Waals surface area (Å²) in [6, 6.07) is 10.0. The van der Waals surface area contributed by atoms with Crippen molar-refractivity contribution in [1.29, 1.82) is 0 Å². The number of carbonyl (C=O) groups is 1. The van der Waals surface area contributed by atoms with Crippen molar-refractivity contribution in [1.82, 2.24) is 10.5 Å². The van der Waals surface area contributed by atoms with E-state index in [2.05, 4.69) is 15.9 Å². The first-order valence-electron chi connectivity index (χ1n) is 5.69. The molecule has 0 saturated carbocycles. The van der Waals surface area contributed by atoms with Crippen LogP contribution in [0, 0.1) is 5.92 Å². The van der Waals surface area contributed by atoms with Gasteiger partial charge in [-0.3, -0.25) is 4.79 Å². The zero-order chi connectivity index (χ0) is 11.8. The first-order valence-corrected chi connectivity index (χ1v) is 6.63. The Morgan fingerprint density at radius 3 is 2.82 bits per heavy atom. The highest BCUT2D eigenvalue weighted by atomic mass is 32.2. The number of fused-ring (bicyclic) bond motifs is 1. The normalized spacial score (nSPS) is 27.5. The Balaban J connectivity index is 1.83. The number of hydrogen-bond donors (Lipinski definition) is 2. The second kappa shape index (κ2) is 4.24. The van der Waals surface area contributed by atoms with Gasteiger partial charge in [-0.2, -0.15) is 0 Å². The predicted octanol–water partition coefficient (Wildman–Crippen LogP) is 0.694. The summed E-state index contributed by atoms with van der Waals surface area (Å²) >= 11 is 1.70. The summed E-state index contributed by atoms with van der Waals surface area (Å²) in [5.41, 5.74) is 2.25. The average Bonchev–Trinajstić information content (AvgIpc) is 2.73. The molecule has 0 aliphatic carbocycles. The molecule has 0 aromatic heterocycles. The third kappa shape index (κ3) is 1.89. The minimum absolute atomic E-state index is 0.0139. The van der Waals surface area contributed by atoms with Gasteiger partial charge in [0.15, 0.2) is 0 Å². The maximum atomic E-state index is 12.1. The molecule has 1 fully saturated rings. The number of benzene rings is 1. The van der Waals surface area contributed by atoms with Gasteiger partial charge in [0, 0.05) is 0 Å². The highest BCUT2D eigenvalue weighted by Crippen LogP contribution is 2.35. The van der Waals surface area contributed by atoms with E-state index in [-0.39, 0.29) is 24.2 Å². The number of amides is 1. The minimum Gasteiger partial charge on any atom is -0.380 e. The molecule has 0 bridgehead atoms. The van der Waals surface area contributed by atoms with Gasteiger partial charge in [-0.25, -0.2) is 0 Å². The molecule has 2 unspecified atom stereocenters. The van der Waals surface area contributed by atoms with E-state index in [1.165, 1.54) is 0 Å². The summed E-state index contributed by atoms with van der Waals surface area (Å²) in [4.78, 5) is 12.1. The van der Waals surface area contributed by atoms with Crippen LogP contribution < -0.4 is 15.9 Å². The topological polar surface area (TPSA) is 41.1 Å². The summed E-state index contributed by atoms with van der Waals surface area (Å²) in [6.07, 6.45) is 0. The molecule has 1 saturated heterocycles. The molecule has 2 N–H and O–H groups in total. The summed E-state index contributed by atoms with van der Waals surface area (Å²) in [7, 11) is 0. The van der Waals surface area contributed by atoms with Crippen molar-refractivity contribution in [3.63, 3.8) is 0 Å². The first-order chi connectivity index (χ1) is 8.25. The first kappa shape index (κ1) is 10.9. The molecule has 2 atom stereocenters. The lowest BCUT2D eigenvalue weighted by molar-refractivity contribution is -0.122. The molecule has 0 radical (unpaired) electrons. The van der Waals surface area contributed by atoms with Crippen LogP contribution in [0.5, 0.6) is 0 Å². The Labute approximate surface area is 105 Å². The maximum absolute atomic E-state index is 12.1. The highest BCUT2D eigenvalue weighted by molar-refractivity contribution is 8.03. The van der Waals surface area contributed by atoms with E-state index in [9.17, 15) is 4.79 Å². The maximum Gasteiger partial charge on any atom is 0.376 e. The predicted molar refractivity (Wildman–Crippen MR) is 71.7 cm³/mol. The van der Waals surface area contributed by atoms with Crippen molar-refractivity contribution in [2.75, 3.05) is 0 Å². The molecule has 86 valence electrons. The van der Waals surface area contributed by atoms with Crippen LogP contribution in [0.15, 0.2) is 41.3 Å². The molecule has 2 aliphatic heterocycles. The van der Waals surface area contributed by atoms with Crippen molar-refractivity contribution in [2.24, 2.45) is 5.92 Å². The van der Waals surface area contributed by atoms with Gasteiger partial charge in [-0.05, 0) is 17.8 Å². The van der Waals surface area contributed by atoms with E-state index >= 15 is 0 Å². The number of hydrogen-bond acceptors (Lipinski definition) is 3. The summed E-state index contributed by atoms with van der Waals surface area (Å²) in [5.74, 6) is 0.112. The number of carbonyl (C=O) groups excluding carboxylic acids is 1. The molecule has 1 aromatic carbocycles. The van der Waals surface area contributed by atoms with Crippen molar-refractivity contribution in [3.8, 4) is 0 Å². The van der Waals surface area contributed by atoms with Crippen LogP contribution >= 0.6 is 11.8 Å². The van der Waals surface area contributed by atoms with E-state index in [1.807, 2.05) is 37.3 Å². The molecular weight excluding hydrogens is 231 g/mol. The molecule has 17 heavy (non-hydrogen) atoms. The molecule has 0 spiro atoms. The third-order valence-corrected chi connectivity index (χ3v) is 4.44. The van der Waals surface area contributed by atoms with Gasteiger partial charge in [-0.15, -0.1) is 11.8 Å². The van der Waals surface area contributed by atoms with Gasteiger partial charge >= 0.3 is 6.98 Å². The average molecular weight is 244 g/mol. The van der Waals surface area contributed by atoms with Gasteiger partial charge < -0.3 is 10.5 Å². The summed E-state index contributed by atoms with van der Waals surface area (Å²) in [5, 5.41) is 8.76. The fourth-order valence-electron chi connectivity index (χ4n) is 2.31. The molecule has 5 heteroatoms. The Morgan fingerprint density at radius 1 is 1.29 bits per heavy atom. The number of thioether (sulfide) groups is 1. The second-order valence-electron chi connectivity index (χ2n) is 4.42. The van der Waals surface area contributed by atoms with Gasteiger partial charge in [0.25, 0.3) is 0 Å². The molecule has 1 aromatic rings. The van der Waals surface area contributed by atoms with E-state index in [0.717, 1.165) is 11.0 Å². The largest absolute Gasteiger partial charge is 0.380 e. The van der Waals surface area contributed by atoms with Crippen molar-refractivity contribution >= 4 is 30.1 Å². The fourth-order valence-corrected chi connectivity index (χ4v) is 3.53. The summed E-state index contributed by atoms with van der Waals surface area (Å²) in [6.45, 7) is 1.94. The van der Waals surface area contributed by atoms with Crippen LogP contribution in [-0.4, -0.2) is 18.3 Å². The zero-order valence-electron chi connectivity index (χ0n) is 9.51. The minimum atomic E-state index is -0.0725. The Kier molecular flexibility index (Phi) is 2.72. The highest BCUT2D eigenvalue weighted by Gasteiger charge is 2.42. The molecular formula is C12H13BN2OS. The lowest BCUT2D eigenvalue weighted by Crippen LogP contribution is -2.67. The van der Waals surface area contributed by atoms with Gasteiger partial charge in [0.2, 0.25) is 5.91 Å². The summed E-state index contributed by atoms with van der Waals surface area (Å²) < 4.78 is 0. The van der Waals surface area contributed by atoms with E-state index in [0.29, 0.717) is 0 Å². The quantitative estimate of drug-likeness (QED) is 0.714. The fraction of sp³-hybridized carbons (Fsp3) is 0.250. The lowest BCUT2D eigenvalue weighted by atomic mass is 9.65. The standard InChI is InChI=1S/C12H13BN2OS/c1-8-7-17-12-10(8)11(16)14-13(15-12)9-5-3-2-4-6-9/h2-7,10,12,15H,1H3,(H,14,16).